The fourth-order valence-corrected chi connectivity index (χ4v) is 1.81. The van der Waals surface area contributed by atoms with Gasteiger partial charge in [-0.05, 0) is 6.92 Å². The van der Waals surface area contributed by atoms with Crippen LogP contribution in [0.5, 0.6) is 0 Å². The number of carbonyl (C=O) groups excluding carboxylic acids is 2. The maximum absolute atomic E-state index is 12.8. The van der Waals surface area contributed by atoms with Gasteiger partial charge in [-0.1, -0.05) is 0 Å². The van der Waals surface area contributed by atoms with Crippen molar-refractivity contribution in [3.05, 3.63) is 0 Å². The molecule has 1 N–H and O–H groups in total. The highest BCUT2D eigenvalue weighted by atomic mass is 32.2. The van der Waals surface area contributed by atoms with E-state index < -0.39 is 65.0 Å². The van der Waals surface area contributed by atoms with Gasteiger partial charge in [0.15, 0.2) is 6.10 Å². The molecular weight excluding hydrogens is 371 g/mol. The molecule has 0 aromatic carbocycles. The summed E-state index contributed by atoms with van der Waals surface area (Å²) in [6, 6.07) is 0. The number of carbonyl (C=O) groups is 2. The molecule has 0 fully saturated rings. The zero-order chi connectivity index (χ0) is 19.3. The fraction of sp³-hybridized carbons (Fsp3) is 0.818. The molecule has 0 saturated heterocycles. The Morgan fingerprint density at radius 3 is 1.79 bits per heavy atom. The summed E-state index contributed by atoms with van der Waals surface area (Å²) >= 11 is 0. The lowest BCUT2D eigenvalue weighted by Crippen LogP contribution is -2.39. The van der Waals surface area contributed by atoms with Crippen LogP contribution < -0.4 is 0 Å². The summed E-state index contributed by atoms with van der Waals surface area (Å²) < 4.78 is 100. The molecule has 2 unspecified atom stereocenters. The van der Waals surface area contributed by atoms with Gasteiger partial charge in [-0.15, -0.1) is 0 Å². The number of rotatable bonds is 8. The molecule has 0 rings (SSSR count). The summed E-state index contributed by atoms with van der Waals surface area (Å²) in [7, 11) is -5.09. The maximum Gasteiger partial charge on any atom is 0.426 e. The Bertz CT molecular complexity index is 552. The fourth-order valence-electron chi connectivity index (χ4n) is 1.17. The zero-order valence-corrected chi connectivity index (χ0v) is 13.3. The molecule has 0 amide bonds. The summed E-state index contributed by atoms with van der Waals surface area (Å²) in [6.07, 6.45) is -12.0. The Kier molecular flexibility index (Phi) is 7.55. The van der Waals surface area contributed by atoms with E-state index >= 15 is 0 Å². The van der Waals surface area contributed by atoms with E-state index in [1.54, 1.807) is 0 Å². The molecule has 24 heavy (non-hydrogen) atoms. The predicted molar refractivity (Wildman–Crippen MR) is 67.8 cm³/mol. The van der Waals surface area contributed by atoms with Gasteiger partial charge in [0.05, 0.1) is 12.8 Å². The van der Waals surface area contributed by atoms with Crippen molar-refractivity contribution < 1.29 is 54.0 Å². The van der Waals surface area contributed by atoms with Crippen LogP contribution in [0, 0.1) is 0 Å². The zero-order valence-electron chi connectivity index (χ0n) is 12.5. The van der Waals surface area contributed by atoms with E-state index in [1.807, 2.05) is 0 Å². The highest BCUT2D eigenvalue weighted by molar-refractivity contribution is 7.85. The second-order valence-corrected chi connectivity index (χ2v) is 6.35. The van der Waals surface area contributed by atoms with E-state index in [1.165, 1.54) is 0 Å². The smallest absolute Gasteiger partial charge is 0.426 e. The largest absolute Gasteiger partial charge is 0.456 e. The van der Waals surface area contributed by atoms with E-state index in [2.05, 4.69) is 9.47 Å². The van der Waals surface area contributed by atoms with Crippen molar-refractivity contribution in [3.8, 4) is 0 Å². The maximum atomic E-state index is 12.8. The molecule has 0 aromatic rings. The summed E-state index contributed by atoms with van der Waals surface area (Å²) in [4.78, 5) is 22.4. The van der Waals surface area contributed by atoms with Gasteiger partial charge in [0.1, 0.15) is 5.75 Å². The van der Waals surface area contributed by atoms with Crippen LogP contribution in [-0.2, 0) is 29.2 Å². The van der Waals surface area contributed by atoms with Gasteiger partial charge >= 0.3 is 18.1 Å². The Hall–Kier alpha value is -1.50. The molecule has 13 heteroatoms. The van der Waals surface area contributed by atoms with Crippen LogP contribution in [0.3, 0.4) is 0 Å². The molecule has 0 heterocycles. The monoisotopic (exact) mass is 386 g/mol. The number of hydrogen-bond donors (Lipinski definition) is 1. The molecule has 0 radical (unpaired) electrons. The summed E-state index contributed by atoms with van der Waals surface area (Å²) in [5.74, 6) is -8.16. The minimum absolute atomic E-state index is 0.475. The third-order valence-electron chi connectivity index (χ3n) is 2.56. The van der Waals surface area contributed by atoms with E-state index in [9.17, 15) is 40.0 Å². The van der Waals surface area contributed by atoms with Crippen LogP contribution >= 0.6 is 0 Å². The molecule has 0 bridgehead atoms. The first kappa shape index (κ1) is 22.5. The lowest BCUT2D eigenvalue weighted by Gasteiger charge is -2.20. The van der Waals surface area contributed by atoms with Crippen LogP contribution in [0.2, 0.25) is 0 Å². The highest BCUT2D eigenvalue weighted by Crippen LogP contribution is 2.25. The second-order valence-electron chi connectivity index (χ2n) is 4.86. The van der Waals surface area contributed by atoms with Gasteiger partial charge in [0.25, 0.3) is 16.0 Å². The Balaban J connectivity index is 4.58. The van der Waals surface area contributed by atoms with Crippen molar-refractivity contribution in [3.63, 3.8) is 0 Å². The Morgan fingerprint density at radius 2 is 1.46 bits per heavy atom. The first-order valence-corrected chi connectivity index (χ1v) is 7.92. The topological polar surface area (TPSA) is 107 Å². The number of halogens is 5. The molecule has 7 nitrogen and oxygen atoms in total. The first-order valence-electron chi connectivity index (χ1n) is 6.31. The quantitative estimate of drug-likeness (QED) is 0.384. The lowest BCUT2D eigenvalue weighted by atomic mass is 10.2. The van der Waals surface area contributed by atoms with E-state index in [4.69, 9.17) is 4.55 Å². The Morgan fingerprint density at radius 1 is 1.04 bits per heavy atom. The molecule has 0 aliphatic heterocycles. The Labute approximate surface area is 133 Å². The summed E-state index contributed by atoms with van der Waals surface area (Å²) in [5.41, 5.74) is 0. The first-order chi connectivity index (χ1) is 10.5. The van der Waals surface area contributed by atoms with Crippen LogP contribution in [0.15, 0.2) is 0 Å². The van der Waals surface area contributed by atoms with Crippen LogP contribution in [0.4, 0.5) is 22.0 Å². The third kappa shape index (κ3) is 9.60. The van der Waals surface area contributed by atoms with Crippen molar-refractivity contribution in [2.24, 2.45) is 0 Å². The molecule has 0 aliphatic carbocycles. The standard InChI is InChI=1S/C11H15F5O7S/c1-6(10(2,12)13)22-8(17)3-4-9(18)23-7(11(14,15)16)5-24(19,20)21/h6-7H,3-5H2,1-2H3,(H,19,20,21). The highest BCUT2D eigenvalue weighted by Gasteiger charge is 2.45. The van der Waals surface area contributed by atoms with Gasteiger partial charge in [-0.3, -0.25) is 14.1 Å². The van der Waals surface area contributed by atoms with Crippen molar-refractivity contribution in [2.45, 2.75) is 51.0 Å². The number of esters is 2. The summed E-state index contributed by atoms with van der Waals surface area (Å²) in [6.45, 7) is 1.35. The van der Waals surface area contributed by atoms with Crippen molar-refractivity contribution in [1.29, 1.82) is 0 Å². The third-order valence-corrected chi connectivity index (χ3v) is 3.28. The van der Waals surface area contributed by atoms with Crippen molar-refractivity contribution in [1.82, 2.24) is 0 Å². The molecule has 0 saturated carbocycles. The normalized spacial score (nSPS) is 15.5. The van der Waals surface area contributed by atoms with Gasteiger partial charge in [0, 0.05) is 6.92 Å². The van der Waals surface area contributed by atoms with Gasteiger partial charge in [0.2, 0.25) is 6.10 Å². The number of alkyl halides is 5. The molecule has 0 aliphatic rings. The minimum Gasteiger partial charge on any atom is -0.456 e. The lowest BCUT2D eigenvalue weighted by molar-refractivity contribution is -0.215. The molecule has 2 atom stereocenters. The molecule has 0 spiro atoms. The number of ether oxygens (including phenoxy) is 2. The van der Waals surface area contributed by atoms with E-state index in [-0.39, 0.29) is 0 Å². The van der Waals surface area contributed by atoms with E-state index in [0.717, 1.165) is 6.92 Å². The van der Waals surface area contributed by atoms with Gasteiger partial charge < -0.3 is 9.47 Å². The van der Waals surface area contributed by atoms with Gasteiger partial charge in [-0.25, -0.2) is 8.78 Å². The molecule has 142 valence electrons. The van der Waals surface area contributed by atoms with Gasteiger partial charge in [-0.2, -0.15) is 21.6 Å². The minimum atomic E-state index is -5.27. The molecular formula is C11H15F5O7S. The van der Waals surface area contributed by atoms with Crippen LogP contribution in [0.25, 0.3) is 0 Å². The van der Waals surface area contributed by atoms with Crippen LogP contribution in [0.1, 0.15) is 26.7 Å². The average molecular weight is 386 g/mol. The van der Waals surface area contributed by atoms with E-state index in [0.29, 0.717) is 6.92 Å². The predicted octanol–water partition coefficient (Wildman–Crippen LogP) is 1.72. The number of hydrogen-bond acceptors (Lipinski definition) is 6. The SMILES string of the molecule is CC(OC(=O)CCC(=O)OC(CS(=O)(=O)O)C(F)(F)F)C(C)(F)F. The van der Waals surface area contributed by atoms with Crippen molar-refractivity contribution >= 4 is 22.1 Å². The molecule has 0 aromatic heterocycles. The van der Waals surface area contributed by atoms with Crippen molar-refractivity contribution in [2.75, 3.05) is 5.75 Å². The van der Waals surface area contributed by atoms with Crippen LogP contribution in [-0.4, -0.2) is 55.0 Å². The summed E-state index contributed by atoms with van der Waals surface area (Å²) in [5, 5.41) is 0. The second kappa shape index (κ2) is 8.05. The average Bonchev–Trinajstić information content (AvgIpc) is 2.31.